The fourth-order valence-corrected chi connectivity index (χ4v) is 4.75. The molecule has 0 bridgehead atoms. The number of aliphatic imine (C=N–C) groups is 1. The van der Waals surface area contributed by atoms with E-state index in [0.29, 0.717) is 16.7 Å². The number of likely N-dealkylation sites (tertiary alicyclic amines) is 1. The van der Waals surface area contributed by atoms with Crippen molar-refractivity contribution in [2.75, 3.05) is 19.3 Å². The molecule has 1 aliphatic heterocycles. The van der Waals surface area contributed by atoms with E-state index in [0.717, 1.165) is 57.3 Å². The highest BCUT2D eigenvalue weighted by Gasteiger charge is 2.29. The summed E-state index contributed by atoms with van der Waals surface area (Å²) in [6.45, 7) is 9.61. The molecule has 0 radical (unpaired) electrons. The largest absolute Gasteiger partial charge is 0.490 e. The molecule has 0 atom stereocenters. The zero-order valence-corrected chi connectivity index (χ0v) is 20.7. The summed E-state index contributed by atoms with van der Waals surface area (Å²) in [5.74, 6) is 6.39. The van der Waals surface area contributed by atoms with E-state index in [4.69, 9.17) is 20.2 Å². The van der Waals surface area contributed by atoms with Gasteiger partial charge in [0.15, 0.2) is 9.84 Å². The quantitative estimate of drug-likeness (QED) is 0.361. The summed E-state index contributed by atoms with van der Waals surface area (Å²) in [7, 11) is -3.19. The van der Waals surface area contributed by atoms with Crippen molar-refractivity contribution in [3.8, 4) is 5.75 Å². The third-order valence-corrected chi connectivity index (χ3v) is 7.41. The summed E-state index contributed by atoms with van der Waals surface area (Å²) in [5.41, 5.74) is 0.749. The van der Waals surface area contributed by atoms with Gasteiger partial charge in [-0.2, -0.15) is 5.90 Å². The maximum atomic E-state index is 11.6. The van der Waals surface area contributed by atoms with E-state index < -0.39 is 9.84 Å². The Morgan fingerprint density at radius 2 is 1.58 bits per heavy atom. The van der Waals surface area contributed by atoms with Crippen molar-refractivity contribution in [2.45, 2.75) is 75.6 Å². The van der Waals surface area contributed by atoms with Crippen LogP contribution in [0.4, 0.5) is 0 Å². The summed E-state index contributed by atoms with van der Waals surface area (Å²) < 4.78 is 35.6. The molecule has 2 aliphatic rings. The lowest BCUT2D eigenvalue weighted by Crippen LogP contribution is -2.44. The summed E-state index contributed by atoms with van der Waals surface area (Å²) in [4.78, 5) is 11.8. The average molecular weight is 480 g/mol. The third kappa shape index (κ3) is 7.45. The van der Waals surface area contributed by atoms with Gasteiger partial charge in [-0.05, 0) is 68.7 Å². The van der Waals surface area contributed by atoms with E-state index in [1.54, 1.807) is 24.3 Å². The number of hydrogen-bond acceptors (Lipinski definition) is 7. The topological polar surface area (TPSA) is 103 Å². The monoisotopic (exact) mass is 479 g/mol. The molecule has 0 spiro atoms. The highest BCUT2D eigenvalue weighted by molar-refractivity contribution is 7.90. The van der Waals surface area contributed by atoms with Gasteiger partial charge in [-0.3, -0.25) is 0 Å². The fraction of sp³-hybridized carbons (Fsp3) is 0.625. The lowest BCUT2D eigenvalue weighted by atomic mass is 9.94. The van der Waals surface area contributed by atoms with Crippen LogP contribution >= 0.6 is 0 Å². The van der Waals surface area contributed by atoms with Gasteiger partial charge in [0, 0.05) is 25.0 Å². The first-order chi connectivity index (χ1) is 15.7. The molecular weight excluding hydrogens is 442 g/mol. The minimum Gasteiger partial charge on any atom is -0.490 e. The van der Waals surface area contributed by atoms with Crippen LogP contribution < -0.4 is 10.6 Å². The molecule has 2 fully saturated rings. The van der Waals surface area contributed by atoms with Crippen LogP contribution in [0.2, 0.25) is 0 Å². The summed E-state index contributed by atoms with van der Waals surface area (Å²) in [6.07, 6.45) is 7.37. The van der Waals surface area contributed by atoms with Gasteiger partial charge in [-0.1, -0.05) is 20.4 Å². The van der Waals surface area contributed by atoms with Crippen LogP contribution in [0, 0.1) is 5.92 Å². The molecule has 0 amide bonds. The number of allylic oxidation sites excluding steroid dienone is 1. The van der Waals surface area contributed by atoms with Crippen molar-refractivity contribution in [3.63, 3.8) is 0 Å². The minimum absolute atomic E-state index is 0.130. The molecule has 0 unspecified atom stereocenters. The van der Waals surface area contributed by atoms with E-state index >= 15 is 0 Å². The van der Waals surface area contributed by atoms with E-state index in [9.17, 15) is 8.42 Å². The molecule has 1 aromatic carbocycles. The zero-order valence-electron chi connectivity index (χ0n) is 19.9. The predicted octanol–water partition coefficient (Wildman–Crippen LogP) is 3.68. The average Bonchev–Trinajstić information content (AvgIpc) is 2.79. The molecule has 1 aliphatic carbocycles. The Balaban J connectivity index is 1.41. The maximum absolute atomic E-state index is 11.6. The normalized spacial score (nSPS) is 22.9. The van der Waals surface area contributed by atoms with Gasteiger partial charge in [-0.25, -0.2) is 13.4 Å². The molecule has 2 N–H and O–H groups in total. The first-order valence-electron chi connectivity index (χ1n) is 11.7. The van der Waals surface area contributed by atoms with Gasteiger partial charge >= 0.3 is 6.02 Å². The maximum Gasteiger partial charge on any atom is 0.311 e. The van der Waals surface area contributed by atoms with Gasteiger partial charge in [0.25, 0.3) is 0 Å². The molecule has 8 nitrogen and oxygen atoms in total. The Kier molecular flexibility index (Phi) is 8.78. The van der Waals surface area contributed by atoms with E-state index in [2.05, 4.69) is 11.6 Å². The van der Waals surface area contributed by atoms with Crippen molar-refractivity contribution >= 4 is 15.9 Å². The van der Waals surface area contributed by atoms with Crippen LogP contribution in [0.15, 0.2) is 46.4 Å². The van der Waals surface area contributed by atoms with Gasteiger partial charge < -0.3 is 19.2 Å². The van der Waals surface area contributed by atoms with Crippen LogP contribution in [0.1, 0.15) is 52.4 Å². The number of rotatable bonds is 7. The number of ether oxygens (including phenoxy) is 2. The molecule has 1 aromatic rings. The second kappa shape index (κ2) is 11.4. The lowest BCUT2D eigenvalue weighted by molar-refractivity contribution is -0.0626. The SMILES string of the molecule is C=C(/N=C(\ON)N1CCC(O[C@H]2CC[C@@H](Oc3ccc(S(C)(=O)=O)cc3)CC2)CC1)C(C)C. The van der Waals surface area contributed by atoms with Crippen molar-refractivity contribution in [1.29, 1.82) is 0 Å². The zero-order chi connectivity index (χ0) is 24.0. The molecule has 0 aromatic heterocycles. The lowest BCUT2D eigenvalue weighted by Gasteiger charge is -2.36. The molecule has 1 saturated heterocycles. The Morgan fingerprint density at radius 1 is 1.03 bits per heavy atom. The molecular formula is C24H37N3O5S. The summed E-state index contributed by atoms with van der Waals surface area (Å²) >= 11 is 0. The first-order valence-corrected chi connectivity index (χ1v) is 13.6. The molecule has 1 saturated carbocycles. The van der Waals surface area contributed by atoms with E-state index in [1.807, 2.05) is 18.7 Å². The van der Waals surface area contributed by atoms with Gasteiger partial charge in [0.2, 0.25) is 0 Å². The number of nitrogens with zero attached hydrogens (tertiary/aromatic N) is 2. The smallest absolute Gasteiger partial charge is 0.311 e. The number of amidine groups is 1. The Bertz CT molecular complexity index is 914. The third-order valence-electron chi connectivity index (χ3n) is 6.28. The second-order valence-corrected chi connectivity index (χ2v) is 11.3. The Morgan fingerprint density at radius 3 is 2.09 bits per heavy atom. The number of benzene rings is 1. The van der Waals surface area contributed by atoms with Gasteiger partial charge in [-0.15, -0.1) is 0 Å². The summed E-state index contributed by atoms with van der Waals surface area (Å²) in [6, 6.07) is 7.07. The molecule has 33 heavy (non-hydrogen) atoms. The summed E-state index contributed by atoms with van der Waals surface area (Å²) in [5, 5.41) is 0. The number of nitrogens with two attached hydrogens (primary N) is 1. The molecule has 184 valence electrons. The minimum atomic E-state index is -3.19. The van der Waals surface area contributed by atoms with Crippen molar-refractivity contribution in [3.05, 3.63) is 36.5 Å². The molecule has 9 heteroatoms. The fourth-order valence-electron chi connectivity index (χ4n) is 4.12. The van der Waals surface area contributed by atoms with Crippen LogP contribution in [0.5, 0.6) is 5.75 Å². The van der Waals surface area contributed by atoms with Crippen molar-refractivity contribution in [1.82, 2.24) is 4.90 Å². The highest BCUT2D eigenvalue weighted by atomic mass is 32.2. The first kappa shape index (κ1) is 25.5. The van der Waals surface area contributed by atoms with Gasteiger partial charge in [0.05, 0.1) is 23.2 Å². The van der Waals surface area contributed by atoms with Crippen LogP contribution in [0.25, 0.3) is 0 Å². The highest BCUT2D eigenvalue weighted by Crippen LogP contribution is 2.28. The number of piperidine rings is 1. The predicted molar refractivity (Wildman–Crippen MR) is 129 cm³/mol. The van der Waals surface area contributed by atoms with Crippen LogP contribution in [-0.4, -0.2) is 57.0 Å². The molecule has 3 rings (SSSR count). The number of hydrogen-bond donors (Lipinski definition) is 1. The Labute approximate surface area is 197 Å². The van der Waals surface area contributed by atoms with Gasteiger partial charge in [0.1, 0.15) is 5.75 Å². The standard InChI is InChI=1S/C24H37N3O5S/c1-17(2)18(3)26-24(32-25)27-15-13-22(14-16-27)31-20-7-5-19(6-8-20)30-21-9-11-23(12-10-21)33(4,28)29/h9-12,17,19-20,22H,3,5-8,13-16,25H2,1-2,4H3/b26-24-/t19-,20+. The van der Waals surface area contributed by atoms with E-state index in [-0.39, 0.29) is 24.2 Å². The Hall–Kier alpha value is -2.10. The van der Waals surface area contributed by atoms with Crippen molar-refractivity contribution in [2.24, 2.45) is 16.8 Å². The van der Waals surface area contributed by atoms with Crippen LogP contribution in [-0.2, 0) is 19.4 Å². The number of sulfone groups is 1. The van der Waals surface area contributed by atoms with Crippen LogP contribution in [0.3, 0.4) is 0 Å². The molecule has 1 heterocycles. The second-order valence-electron chi connectivity index (χ2n) is 9.24. The van der Waals surface area contributed by atoms with Crippen molar-refractivity contribution < 1.29 is 22.7 Å². The van der Waals surface area contributed by atoms with E-state index in [1.165, 1.54) is 6.26 Å².